The summed E-state index contributed by atoms with van der Waals surface area (Å²) in [5, 5.41) is 7.77. The van der Waals surface area contributed by atoms with E-state index in [0.717, 1.165) is 46.6 Å². The highest BCUT2D eigenvalue weighted by atomic mass is 16.5. The van der Waals surface area contributed by atoms with Gasteiger partial charge in [0.05, 0.1) is 12.8 Å². The molecule has 0 spiro atoms. The number of nitrogens with two attached hydrogens (primary N) is 1. The molecule has 1 aliphatic rings. The van der Waals surface area contributed by atoms with Crippen LogP contribution in [0.2, 0.25) is 0 Å². The Morgan fingerprint density at radius 3 is 2.73 bits per heavy atom. The van der Waals surface area contributed by atoms with Crippen molar-refractivity contribution in [2.24, 2.45) is 5.73 Å². The van der Waals surface area contributed by atoms with Crippen molar-refractivity contribution >= 4 is 23.2 Å². The normalized spacial score (nSPS) is 13.4. The van der Waals surface area contributed by atoms with Gasteiger partial charge in [-0.15, -0.1) is 5.10 Å². The summed E-state index contributed by atoms with van der Waals surface area (Å²) in [6.07, 6.45) is 4.09. The first-order valence-corrected chi connectivity index (χ1v) is 9.83. The number of benzene rings is 2. The molecule has 2 heterocycles. The maximum Gasteiger partial charge on any atom is 0.249 e. The molecule has 1 aliphatic carbocycles. The van der Waals surface area contributed by atoms with Crippen LogP contribution in [0.1, 0.15) is 34.7 Å². The van der Waals surface area contributed by atoms with E-state index in [-0.39, 0.29) is 5.91 Å². The van der Waals surface area contributed by atoms with E-state index in [9.17, 15) is 4.79 Å². The SMILES string of the molecule is COc1ccccc1Nc1nc2ccc(-c3cccc(C(N)=O)c3C3CC3)cn2n1. The van der Waals surface area contributed by atoms with Crippen LogP contribution in [0.3, 0.4) is 0 Å². The van der Waals surface area contributed by atoms with Crippen LogP contribution in [0, 0.1) is 0 Å². The maximum absolute atomic E-state index is 12.0. The molecule has 1 saturated carbocycles. The van der Waals surface area contributed by atoms with E-state index in [1.165, 1.54) is 0 Å². The molecule has 0 atom stereocenters. The lowest BCUT2D eigenvalue weighted by Crippen LogP contribution is -2.14. The Bertz CT molecular complexity index is 1260. The summed E-state index contributed by atoms with van der Waals surface area (Å²) in [6.45, 7) is 0. The molecule has 5 rings (SSSR count). The number of nitrogens with zero attached hydrogens (tertiary/aromatic N) is 3. The van der Waals surface area contributed by atoms with Gasteiger partial charge < -0.3 is 15.8 Å². The van der Waals surface area contributed by atoms with Gasteiger partial charge in [-0.1, -0.05) is 24.3 Å². The lowest BCUT2D eigenvalue weighted by Gasteiger charge is -2.13. The van der Waals surface area contributed by atoms with E-state index in [1.807, 2.05) is 60.8 Å². The lowest BCUT2D eigenvalue weighted by molar-refractivity contribution is 0.0999. The van der Waals surface area contributed by atoms with Crippen molar-refractivity contribution in [3.05, 3.63) is 71.9 Å². The Balaban J connectivity index is 1.54. The smallest absolute Gasteiger partial charge is 0.249 e. The topological polar surface area (TPSA) is 94.5 Å². The second-order valence-corrected chi connectivity index (χ2v) is 7.39. The highest BCUT2D eigenvalue weighted by molar-refractivity contribution is 5.97. The van der Waals surface area contributed by atoms with Gasteiger partial charge in [-0.2, -0.15) is 4.98 Å². The van der Waals surface area contributed by atoms with Crippen LogP contribution >= 0.6 is 0 Å². The summed E-state index contributed by atoms with van der Waals surface area (Å²) in [6, 6.07) is 17.3. The first kappa shape index (κ1) is 18.2. The summed E-state index contributed by atoms with van der Waals surface area (Å²) in [7, 11) is 1.63. The van der Waals surface area contributed by atoms with E-state index >= 15 is 0 Å². The van der Waals surface area contributed by atoms with Crippen molar-refractivity contribution in [2.75, 3.05) is 12.4 Å². The van der Waals surface area contributed by atoms with Crippen LogP contribution in [0.25, 0.3) is 16.8 Å². The Labute approximate surface area is 173 Å². The molecule has 150 valence electrons. The van der Waals surface area contributed by atoms with Crippen LogP contribution in [0.15, 0.2) is 60.8 Å². The largest absolute Gasteiger partial charge is 0.495 e. The fourth-order valence-electron chi connectivity index (χ4n) is 3.81. The molecule has 1 amide bonds. The number of hydrogen-bond donors (Lipinski definition) is 2. The quantitative estimate of drug-likeness (QED) is 0.508. The third-order valence-corrected chi connectivity index (χ3v) is 5.35. The summed E-state index contributed by atoms with van der Waals surface area (Å²) in [4.78, 5) is 16.5. The number of hydrogen-bond acceptors (Lipinski definition) is 5. The van der Waals surface area contributed by atoms with Crippen molar-refractivity contribution in [1.29, 1.82) is 0 Å². The van der Waals surface area contributed by atoms with Crippen molar-refractivity contribution in [3.8, 4) is 16.9 Å². The van der Waals surface area contributed by atoms with E-state index < -0.39 is 0 Å². The lowest BCUT2D eigenvalue weighted by atomic mass is 9.93. The van der Waals surface area contributed by atoms with E-state index in [0.29, 0.717) is 17.4 Å². The molecule has 0 bridgehead atoms. The monoisotopic (exact) mass is 399 g/mol. The van der Waals surface area contributed by atoms with Crippen LogP contribution in [-0.2, 0) is 0 Å². The summed E-state index contributed by atoms with van der Waals surface area (Å²) >= 11 is 0. The second kappa shape index (κ2) is 7.18. The fraction of sp³-hybridized carbons (Fsp3) is 0.174. The van der Waals surface area contributed by atoms with Crippen LogP contribution in [-0.4, -0.2) is 27.6 Å². The van der Waals surface area contributed by atoms with Crippen molar-refractivity contribution in [1.82, 2.24) is 14.6 Å². The van der Waals surface area contributed by atoms with Gasteiger partial charge >= 0.3 is 0 Å². The Kier molecular flexibility index (Phi) is 4.35. The molecular formula is C23H21N5O2. The van der Waals surface area contributed by atoms with E-state index in [2.05, 4.69) is 15.4 Å². The number of amides is 1. The highest BCUT2D eigenvalue weighted by Gasteiger charge is 2.30. The minimum absolute atomic E-state index is 0.385. The number of fused-ring (bicyclic) bond motifs is 1. The predicted octanol–water partition coefficient (Wildman–Crippen LogP) is 4.12. The second-order valence-electron chi connectivity index (χ2n) is 7.39. The number of carbonyl (C=O) groups is 1. The molecule has 30 heavy (non-hydrogen) atoms. The number of para-hydroxylation sites is 2. The number of ether oxygens (including phenoxy) is 1. The van der Waals surface area contributed by atoms with Crippen LogP contribution < -0.4 is 15.8 Å². The van der Waals surface area contributed by atoms with Gasteiger partial charge in [0.25, 0.3) is 0 Å². The zero-order chi connectivity index (χ0) is 20.7. The molecule has 2 aromatic heterocycles. The Morgan fingerprint density at radius 2 is 1.97 bits per heavy atom. The van der Waals surface area contributed by atoms with E-state index in [1.54, 1.807) is 11.6 Å². The maximum atomic E-state index is 12.0. The summed E-state index contributed by atoms with van der Waals surface area (Å²) in [5.41, 5.74) is 10.8. The van der Waals surface area contributed by atoms with Crippen LogP contribution in [0.4, 0.5) is 11.6 Å². The first-order chi connectivity index (χ1) is 14.6. The van der Waals surface area contributed by atoms with Gasteiger partial charge in [-0.3, -0.25) is 4.79 Å². The van der Waals surface area contributed by atoms with Crippen LogP contribution in [0.5, 0.6) is 5.75 Å². The first-order valence-electron chi connectivity index (χ1n) is 9.83. The molecule has 0 saturated heterocycles. The molecule has 4 aromatic rings. The third kappa shape index (κ3) is 3.24. The van der Waals surface area contributed by atoms with Crippen molar-refractivity contribution < 1.29 is 9.53 Å². The Morgan fingerprint density at radius 1 is 1.13 bits per heavy atom. The van der Waals surface area contributed by atoms with Gasteiger partial charge in [0.2, 0.25) is 11.9 Å². The molecule has 0 unspecified atom stereocenters. The minimum Gasteiger partial charge on any atom is -0.495 e. The van der Waals surface area contributed by atoms with Gasteiger partial charge in [-0.05, 0) is 60.2 Å². The number of carbonyl (C=O) groups excluding carboxylic acids is 1. The number of nitrogens with one attached hydrogen (secondary N) is 1. The Hall–Kier alpha value is -3.87. The molecule has 7 heteroatoms. The zero-order valence-corrected chi connectivity index (χ0v) is 16.5. The standard InChI is InChI=1S/C23H21N5O2/c1-30-19-8-3-2-7-18(19)25-23-26-20-12-11-15(13-28(20)27-23)16-5-4-6-17(22(24)29)21(16)14-9-10-14/h2-8,11-14H,9-10H2,1H3,(H2,24,29)(H,25,27). The number of pyridine rings is 1. The van der Waals surface area contributed by atoms with Crippen molar-refractivity contribution in [3.63, 3.8) is 0 Å². The number of rotatable bonds is 6. The number of anilines is 2. The number of methoxy groups -OCH3 is 1. The van der Waals surface area contributed by atoms with Gasteiger partial charge in [-0.25, -0.2) is 4.52 Å². The minimum atomic E-state index is -0.385. The molecule has 0 aliphatic heterocycles. The number of aromatic nitrogens is 3. The highest BCUT2D eigenvalue weighted by Crippen LogP contribution is 2.46. The van der Waals surface area contributed by atoms with Gasteiger partial charge in [0, 0.05) is 17.3 Å². The predicted molar refractivity (Wildman–Crippen MR) is 115 cm³/mol. The third-order valence-electron chi connectivity index (χ3n) is 5.35. The van der Waals surface area contributed by atoms with E-state index in [4.69, 9.17) is 10.5 Å². The van der Waals surface area contributed by atoms with Gasteiger partial charge in [0.1, 0.15) is 5.75 Å². The summed E-state index contributed by atoms with van der Waals surface area (Å²) < 4.78 is 7.11. The molecule has 1 fully saturated rings. The molecule has 2 aromatic carbocycles. The summed E-state index contributed by atoms with van der Waals surface area (Å²) in [5.74, 6) is 1.20. The van der Waals surface area contributed by atoms with Crippen molar-refractivity contribution in [2.45, 2.75) is 18.8 Å². The zero-order valence-electron chi connectivity index (χ0n) is 16.5. The average Bonchev–Trinajstić information content (AvgIpc) is 3.52. The molecular weight excluding hydrogens is 378 g/mol. The number of primary amides is 1. The van der Waals surface area contributed by atoms with Gasteiger partial charge in [0.15, 0.2) is 5.65 Å². The fourth-order valence-corrected chi connectivity index (χ4v) is 3.81. The molecule has 7 nitrogen and oxygen atoms in total. The average molecular weight is 399 g/mol. The molecule has 0 radical (unpaired) electrons. The molecule has 3 N–H and O–H groups in total.